The Balaban J connectivity index is 2.41. The highest BCUT2D eigenvalue weighted by atomic mass is 35.5. The van der Waals surface area contributed by atoms with Crippen LogP contribution in [0.1, 0.15) is 24.0 Å². The molecule has 0 atom stereocenters. The van der Waals surface area contributed by atoms with Gasteiger partial charge in [0.05, 0.1) is 0 Å². The van der Waals surface area contributed by atoms with Crippen LogP contribution in [0.15, 0.2) is 12.3 Å². The van der Waals surface area contributed by atoms with Crippen LogP contribution in [-0.4, -0.2) is 4.98 Å². The number of rotatable bonds is 1. The smallest absolute Gasteiger partial charge is 0.131 e. The second-order valence-electron chi connectivity index (χ2n) is 3.49. The lowest BCUT2D eigenvalue weighted by Crippen LogP contribution is -2.18. The summed E-state index contributed by atoms with van der Waals surface area (Å²) in [5, 5.41) is 0.572. The molecule has 1 aliphatic carbocycles. The van der Waals surface area contributed by atoms with Gasteiger partial charge in [0.1, 0.15) is 5.15 Å². The molecule has 3 heteroatoms. The number of aryl methyl sites for hydroxylation is 1. The molecule has 2 N–H and O–H groups in total. The van der Waals surface area contributed by atoms with Gasteiger partial charge in [0, 0.05) is 11.7 Å². The van der Waals surface area contributed by atoms with Crippen molar-refractivity contribution in [2.24, 2.45) is 5.73 Å². The summed E-state index contributed by atoms with van der Waals surface area (Å²) in [6.45, 7) is 1.95. The molecule has 2 nitrogen and oxygen atoms in total. The summed E-state index contributed by atoms with van der Waals surface area (Å²) >= 11 is 5.80. The lowest BCUT2D eigenvalue weighted by atomic mass is 10.1. The van der Waals surface area contributed by atoms with E-state index in [1.165, 1.54) is 0 Å². The Kier molecular flexibility index (Phi) is 1.63. The predicted octanol–water partition coefficient (Wildman–Crippen LogP) is 1.99. The van der Waals surface area contributed by atoms with Gasteiger partial charge < -0.3 is 5.73 Å². The topological polar surface area (TPSA) is 38.9 Å². The molecule has 0 aliphatic heterocycles. The van der Waals surface area contributed by atoms with Crippen LogP contribution < -0.4 is 5.73 Å². The van der Waals surface area contributed by atoms with Crippen LogP contribution in [0.3, 0.4) is 0 Å². The normalized spacial score (nSPS) is 19.2. The minimum Gasteiger partial charge on any atom is -0.321 e. The molecule has 2 rings (SSSR count). The van der Waals surface area contributed by atoms with Crippen molar-refractivity contribution in [2.75, 3.05) is 0 Å². The van der Waals surface area contributed by atoms with Crippen LogP contribution in [0.5, 0.6) is 0 Å². The molecule has 1 aromatic heterocycles. The van der Waals surface area contributed by atoms with Gasteiger partial charge in [-0.2, -0.15) is 0 Å². The fourth-order valence-electron chi connectivity index (χ4n) is 1.25. The summed E-state index contributed by atoms with van der Waals surface area (Å²) in [6.07, 6.45) is 3.91. The summed E-state index contributed by atoms with van der Waals surface area (Å²) in [7, 11) is 0. The van der Waals surface area contributed by atoms with Crippen molar-refractivity contribution in [1.82, 2.24) is 4.98 Å². The molecule has 0 spiro atoms. The van der Waals surface area contributed by atoms with E-state index in [2.05, 4.69) is 4.98 Å². The fourth-order valence-corrected chi connectivity index (χ4v) is 1.36. The largest absolute Gasteiger partial charge is 0.321 e. The van der Waals surface area contributed by atoms with Gasteiger partial charge in [0.15, 0.2) is 0 Å². The second-order valence-corrected chi connectivity index (χ2v) is 3.85. The van der Waals surface area contributed by atoms with Crippen molar-refractivity contribution in [1.29, 1.82) is 0 Å². The van der Waals surface area contributed by atoms with E-state index in [0.29, 0.717) is 5.15 Å². The maximum absolute atomic E-state index is 6.00. The Morgan fingerprint density at radius 3 is 2.75 bits per heavy atom. The van der Waals surface area contributed by atoms with E-state index in [1.54, 1.807) is 6.20 Å². The van der Waals surface area contributed by atoms with Gasteiger partial charge in [-0.1, -0.05) is 11.6 Å². The van der Waals surface area contributed by atoms with E-state index < -0.39 is 0 Å². The molecule has 0 aromatic carbocycles. The number of pyridine rings is 1. The lowest BCUT2D eigenvalue weighted by molar-refractivity contribution is 0.733. The first kappa shape index (κ1) is 8.02. The second kappa shape index (κ2) is 2.44. The summed E-state index contributed by atoms with van der Waals surface area (Å²) in [5.41, 5.74) is 8.03. The van der Waals surface area contributed by atoms with E-state index in [-0.39, 0.29) is 5.54 Å². The van der Waals surface area contributed by atoms with Crippen molar-refractivity contribution in [3.8, 4) is 0 Å². The van der Waals surface area contributed by atoms with Crippen molar-refractivity contribution in [3.63, 3.8) is 0 Å². The molecule has 1 saturated carbocycles. The molecule has 1 heterocycles. The molecule has 1 fully saturated rings. The molecule has 1 aliphatic rings. The standard InChI is InChI=1S/C9H11ClN2/c1-6-4-7(5-12-8(6)10)9(11)2-3-9/h4-5H,2-3,11H2,1H3. The highest BCUT2D eigenvalue weighted by Crippen LogP contribution is 2.42. The SMILES string of the molecule is Cc1cc(C2(N)CC2)cnc1Cl. The number of aromatic nitrogens is 1. The van der Waals surface area contributed by atoms with Crippen molar-refractivity contribution in [2.45, 2.75) is 25.3 Å². The third-order valence-corrected chi connectivity index (χ3v) is 2.77. The molecule has 0 radical (unpaired) electrons. The van der Waals surface area contributed by atoms with E-state index in [9.17, 15) is 0 Å². The number of nitrogens with zero attached hydrogens (tertiary/aromatic N) is 1. The minimum absolute atomic E-state index is 0.0949. The monoisotopic (exact) mass is 182 g/mol. The van der Waals surface area contributed by atoms with Crippen molar-refractivity contribution in [3.05, 3.63) is 28.5 Å². The van der Waals surface area contributed by atoms with Gasteiger partial charge in [0.2, 0.25) is 0 Å². The quantitative estimate of drug-likeness (QED) is 0.675. The first-order valence-corrected chi connectivity index (χ1v) is 4.41. The van der Waals surface area contributed by atoms with Gasteiger partial charge in [-0.3, -0.25) is 0 Å². The van der Waals surface area contributed by atoms with E-state index in [1.807, 2.05) is 13.0 Å². The summed E-state index contributed by atoms with van der Waals surface area (Å²) in [6, 6.07) is 2.03. The molecule has 0 bridgehead atoms. The van der Waals surface area contributed by atoms with E-state index in [4.69, 9.17) is 17.3 Å². The van der Waals surface area contributed by atoms with E-state index in [0.717, 1.165) is 24.0 Å². The molecular weight excluding hydrogens is 172 g/mol. The number of hydrogen-bond donors (Lipinski definition) is 1. The van der Waals surface area contributed by atoms with Gasteiger partial charge in [0.25, 0.3) is 0 Å². The third-order valence-electron chi connectivity index (χ3n) is 2.38. The third kappa shape index (κ3) is 1.21. The molecule has 12 heavy (non-hydrogen) atoms. The number of halogens is 1. The Bertz CT molecular complexity index is 318. The minimum atomic E-state index is -0.0949. The zero-order valence-electron chi connectivity index (χ0n) is 6.97. The van der Waals surface area contributed by atoms with Gasteiger partial charge in [-0.25, -0.2) is 4.98 Å². The summed E-state index contributed by atoms with van der Waals surface area (Å²) in [4.78, 5) is 4.07. The molecule has 0 saturated heterocycles. The van der Waals surface area contributed by atoms with Crippen LogP contribution >= 0.6 is 11.6 Å². The Morgan fingerprint density at radius 2 is 2.25 bits per heavy atom. The van der Waals surface area contributed by atoms with Crippen molar-refractivity contribution < 1.29 is 0 Å². The highest BCUT2D eigenvalue weighted by molar-refractivity contribution is 6.30. The average Bonchev–Trinajstić information content (AvgIpc) is 2.75. The zero-order chi connectivity index (χ0) is 8.77. The molecule has 1 aromatic rings. The van der Waals surface area contributed by atoms with Crippen LogP contribution in [0.2, 0.25) is 5.15 Å². The van der Waals surface area contributed by atoms with E-state index >= 15 is 0 Å². The first-order valence-electron chi connectivity index (χ1n) is 4.03. The Labute approximate surface area is 76.7 Å². The van der Waals surface area contributed by atoms with Gasteiger partial charge >= 0.3 is 0 Å². The maximum Gasteiger partial charge on any atom is 0.131 e. The average molecular weight is 183 g/mol. The molecular formula is C9H11ClN2. The zero-order valence-corrected chi connectivity index (χ0v) is 7.73. The van der Waals surface area contributed by atoms with Crippen LogP contribution in [0.4, 0.5) is 0 Å². The highest BCUT2D eigenvalue weighted by Gasteiger charge is 2.40. The van der Waals surface area contributed by atoms with Crippen LogP contribution in [0.25, 0.3) is 0 Å². The Hall–Kier alpha value is -0.600. The van der Waals surface area contributed by atoms with Crippen LogP contribution in [0, 0.1) is 6.92 Å². The predicted molar refractivity (Wildman–Crippen MR) is 49.1 cm³/mol. The summed E-state index contributed by atoms with van der Waals surface area (Å²) < 4.78 is 0. The maximum atomic E-state index is 6.00. The van der Waals surface area contributed by atoms with Crippen molar-refractivity contribution >= 4 is 11.6 Å². The molecule has 0 amide bonds. The summed E-state index contributed by atoms with van der Waals surface area (Å²) in [5.74, 6) is 0. The van der Waals surface area contributed by atoms with Gasteiger partial charge in [-0.15, -0.1) is 0 Å². The molecule has 64 valence electrons. The van der Waals surface area contributed by atoms with Crippen LogP contribution in [-0.2, 0) is 5.54 Å². The number of hydrogen-bond acceptors (Lipinski definition) is 2. The fraction of sp³-hybridized carbons (Fsp3) is 0.444. The first-order chi connectivity index (χ1) is 5.62. The lowest BCUT2D eigenvalue weighted by Gasteiger charge is -2.09. The molecule has 0 unspecified atom stereocenters. The number of nitrogens with two attached hydrogens (primary N) is 1. The Morgan fingerprint density at radius 1 is 1.58 bits per heavy atom. The van der Waals surface area contributed by atoms with Gasteiger partial charge in [-0.05, 0) is 37.0 Å².